The second-order valence-corrected chi connectivity index (χ2v) is 4.87. The molecule has 2 amide bonds. The molecule has 0 aliphatic rings. The number of carbonyl (C=O) groups excluding carboxylic acids is 2. The van der Waals surface area contributed by atoms with Crippen LogP contribution in [0.1, 0.15) is 6.92 Å². The Kier molecular flexibility index (Phi) is 5.61. The van der Waals surface area contributed by atoms with E-state index >= 15 is 0 Å². The van der Waals surface area contributed by atoms with E-state index in [1.807, 2.05) is 0 Å². The second-order valence-electron chi connectivity index (χ2n) is 3.07. The summed E-state index contributed by atoms with van der Waals surface area (Å²) in [6.45, 7) is 1.30. The van der Waals surface area contributed by atoms with Crippen LogP contribution in [0.4, 0.5) is 0 Å². The lowest BCUT2D eigenvalue weighted by Crippen LogP contribution is -2.41. The lowest BCUT2D eigenvalue weighted by atomic mass is 10.4. The van der Waals surface area contributed by atoms with Gasteiger partial charge in [0.2, 0.25) is 11.8 Å². The average molecular weight is 293 g/mol. The minimum absolute atomic E-state index is 0.115. The van der Waals surface area contributed by atoms with Gasteiger partial charge in [0.15, 0.2) is 0 Å². The number of hydrazine groups is 1. The van der Waals surface area contributed by atoms with Gasteiger partial charge in [-0.15, -0.1) is 11.8 Å². The average Bonchev–Trinajstić information content (AvgIpc) is 2.25. The van der Waals surface area contributed by atoms with E-state index in [4.69, 9.17) is 23.2 Å². The van der Waals surface area contributed by atoms with Crippen LogP contribution in [0.25, 0.3) is 0 Å². The Morgan fingerprint density at radius 3 is 2.35 bits per heavy atom. The monoisotopic (exact) mass is 292 g/mol. The van der Waals surface area contributed by atoms with E-state index < -0.39 is 0 Å². The lowest BCUT2D eigenvalue weighted by molar-refractivity contribution is -0.126. The maximum absolute atomic E-state index is 11.3. The van der Waals surface area contributed by atoms with Gasteiger partial charge in [0.05, 0.1) is 15.8 Å². The van der Waals surface area contributed by atoms with Crippen molar-refractivity contribution in [1.29, 1.82) is 0 Å². The highest BCUT2D eigenvalue weighted by atomic mass is 35.5. The van der Waals surface area contributed by atoms with Crippen LogP contribution < -0.4 is 10.9 Å². The molecule has 0 heterocycles. The number of amides is 2. The molecule has 7 heteroatoms. The predicted octanol–water partition coefficient (Wildman–Crippen LogP) is 2.25. The Balaban J connectivity index is 2.50. The molecule has 1 rings (SSSR count). The number of carbonyl (C=O) groups is 2. The van der Waals surface area contributed by atoms with E-state index in [9.17, 15) is 9.59 Å². The summed E-state index contributed by atoms with van der Waals surface area (Å²) in [7, 11) is 0. The fourth-order valence-electron chi connectivity index (χ4n) is 0.952. The molecule has 0 fully saturated rings. The minimum Gasteiger partial charge on any atom is -0.274 e. The molecule has 2 N–H and O–H groups in total. The van der Waals surface area contributed by atoms with E-state index in [1.165, 1.54) is 18.7 Å². The first-order chi connectivity index (χ1) is 8.00. The zero-order chi connectivity index (χ0) is 12.8. The zero-order valence-electron chi connectivity index (χ0n) is 8.92. The summed E-state index contributed by atoms with van der Waals surface area (Å²) >= 11 is 13.1. The molecular formula is C10H10Cl2N2O2S. The summed E-state index contributed by atoms with van der Waals surface area (Å²) < 4.78 is 0. The third-order valence-electron chi connectivity index (χ3n) is 1.64. The Morgan fingerprint density at radius 1 is 1.24 bits per heavy atom. The smallest absolute Gasteiger partial charge is 0.248 e. The van der Waals surface area contributed by atoms with Crippen molar-refractivity contribution in [3.05, 3.63) is 28.2 Å². The molecular weight excluding hydrogens is 283 g/mol. The summed E-state index contributed by atoms with van der Waals surface area (Å²) in [6, 6.07) is 5.12. The molecule has 0 unspecified atom stereocenters. The largest absolute Gasteiger partial charge is 0.274 e. The van der Waals surface area contributed by atoms with Gasteiger partial charge in [0.1, 0.15) is 0 Å². The first kappa shape index (κ1) is 14.2. The molecule has 4 nitrogen and oxygen atoms in total. The van der Waals surface area contributed by atoms with Gasteiger partial charge in [-0.05, 0) is 12.1 Å². The van der Waals surface area contributed by atoms with Gasteiger partial charge in [-0.25, -0.2) is 0 Å². The van der Waals surface area contributed by atoms with E-state index in [-0.39, 0.29) is 17.6 Å². The maximum atomic E-state index is 11.3. The molecule has 0 aliphatic heterocycles. The van der Waals surface area contributed by atoms with Crippen molar-refractivity contribution in [2.75, 3.05) is 5.75 Å². The summed E-state index contributed by atoms with van der Waals surface area (Å²) in [5.74, 6) is -0.552. The standard InChI is InChI=1S/C10H10Cl2N2O2S/c1-6(15)13-14-9(16)5-17-10-7(11)3-2-4-8(10)12/h2-4H,5H2,1H3,(H,13,15)(H,14,16). The maximum Gasteiger partial charge on any atom is 0.248 e. The molecule has 1 aromatic carbocycles. The molecule has 0 spiro atoms. The summed E-state index contributed by atoms with van der Waals surface area (Å²) in [5, 5.41) is 0.990. The summed E-state index contributed by atoms with van der Waals surface area (Å²) in [5.41, 5.74) is 4.44. The molecule has 0 atom stereocenters. The van der Waals surface area contributed by atoms with E-state index in [0.717, 1.165) is 0 Å². The van der Waals surface area contributed by atoms with Crippen LogP contribution in [0.3, 0.4) is 0 Å². The van der Waals surface area contributed by atoms with Crippen molar-refractivity contribution in [2.24, 2.45) is 0 Å². The Labute approximate surface area is 113 Å². The van der Waals surface area contributed by atoms with Gasteiger partial charge in [-0.3, -0.25) is 20.4 Å². The van der Waals surface area contributed by atoms with Crippen molar-refractivity contribution in [2.45, 2.75) is 11.8 Å². The fraction of sp³-hybridized carbons (Fsp3) is 0.200. The lowest BCUT2D eigenvalue weighted by Gasteiger charge is -2.07. The second kappa shape index (κ2) is 6.74. The van der Waals surface area contributed by atoms with Gasteiger partial charge in [0.25, 0.3) is 0 Å². The van der Waals surface area contributed by atoms with Gasteiger partial charge in [-0.2, -0.15) is 0 Å². The Hall–Kier alpha value is -0.910. The van der Waals surface area contributed by atoms with Crippen molar-refractivity contribution >= 4 is 46.8 Å². The quantitative estimate of drug-likeness (QED) is 0.664. The molecule has 0 bridgehead atoms. The van der Waals surface area contributed by atoms with Crippen molar-refractivity contribution in [3.63, 3.8) is 0 Å². The molecule has 17 heavy (non-hydrogen) atoms. The summed E-state index contributed by atoms with van der Waals surface area (Å²) in [6.07, 6.45) is 0. The highest BCUT2D eigenvalue weighted by Gasteiger charge is 2.09. The molecule has 0 aliphatic carbocycles. The fourth-order valence-corrected chi connectivity index (χ4v) is 2.44. The number of hydrogen-bond acceptors (Lipinski definition) is 3. The van der Waals surface area contributed by atoms with Crippen LogP contribution in [0.2, 0.25) is 10.0 Å². The van der Waals surface area contributed by atoms with Crippen molar-refractivity contribution in [3.8, 4) is 0 Å². The minimum atomic E-state index is -0.334. The Bertz CT molecular complexity index is 420. The summed E-state index contributed by atoms with van der Waals surface area (Å²) in [4.78, 5) is 22.5. The van der Waals surface area contributed by atoms with E-state index in [0.29, 0.717) is 14.9 Å². The third-order valence-corrected chi connectivity index (χ3v) is 3.63. The molecule has 92 valence electrons. The highest BCUT2D eigenvalue weighted by molar-refractivity contribution is 8.00. The van der Waals surface area contributed by atoms with Crippen LogP contribution in [0, 0.1) is 0 Å². The molecule has 0 saturated carbocycles. The van der Waals surface area contributed by atoms with Gasteiger partial charge in [-0.1, -0.05) is 29.3 Å². The molecule has 0 aromatic heterocycles. The van der Waals surface area contributed by atoms with E-state index in [2.05, 4.69) is 10.9 Å². The highest BCUT2D eigenvalue weighted by Crippen LogP contribution is 2.33. The first-order valence-electron chi connectivity index (χ1n) is 4.63. The Morgan fingerprint density at radius 2 is 1.82 bits per heavy atom. The number of rotatable bonds is 3. The molecule has 0 saturated heterocycles. The predicted molar refractivity (Wildman–Crippen MR) is 69.1 cm³/mol. The topological polar surface area (TPSA) is 58.2 Å². The van der Waals surface area contributed by atoms with Crippen LogP contribution in [-0.4, -0.2) is 17.6 Å². The SMILES string of the molecule is CC(=O)NNC(=O)CSc1c(Cl)cccc1Cl. The van der Waals surface area contributed by atoms with Crippen LogP contribution in [-0.2, 0) is 9.59 Å². The van der Waals surface area contributed by atoms with Gasteiger partial charge < -0.3 is 0 Å². The zero-order valence-corrected chi connectivity index (χ0v) is 11.2. The van der Waals surface area contributed by atoms with Crippen LogP contribution >= 0.6 is 35.0 Å². The van der Waals surface area contributed by atoms with Crippen LogP contribution in [0.5, 0.6) is 0 Å². The van der Waals surface area contributed by atoms with E-state index in [1.54, 1.807) is 18.2 Å². The number of halogens is 2. The first-order valence-corrected chi connectivity index (χ1v) is 6.37. The molecule has 1 aromatic rings. The number of nitrogens with one attached hydrogen (secondary N) is 2. The number of thioether (sulfide) groups is 1. The number of hydrogen-bond donors (Lipinski definition) is 2. The van der Waals surface area contributed by atoms with Crippen LogP contribution in [0.15, 0.2) is 23.1 Å². The third kappa shape index (κ3) is 4.85. The molecule has 0 radical (unpaired) electrons. The van der Waals surface area contributed by atoms with Crippen molar-refractivity contribution in [1.82, 2.24) is 10.9 Å². The number of benzene rings is 1. The van der Waals surface area contributed by atoms with Crippen molar-refractivity contribution < 1.29 is 9.59 Å². The van der Waals surface area contributed by atoms with Gasteiger partial charge >= 0.3 is 0 Å². The van der Waals surface area contributed by atoms with Gasteiger partial charge in [0, 0.05) is 11.8 Å². The normalized spacial score (nSPS) is 9.82.